The Labute approximate surface area is 171 Å². The molecule has 2 aromatic carbocycles. The minimum Gasteiger partial charge on any atom is -0.491 e. The fourth-order valence-electron chi connectivity index (χ4n) is 4.65. The van der Waals surface area contributed by atoms with E-state index in [0.717, 1.165) is 32.4 Å². The third-order valence-electron chi connectivity index (χ3n) is 6.27. The third kappa shape index (κ3) is 4.51. The lowest BCUT2D eigenvalue weighted by Crippen LogP contribution is -2.51. The molecule has 1 aliphatic heterocycles. The number of ether oxygens (including phenoxy) is 1. The van der Waals surface area contributed by atoms with Crippen LogP contribution in [0.4, 0.5) is 4.39 Å². The summed E-state index contributed by atoms with van der Waals surface area (Å²) in [6.45, 7) is 1.17. The van der Waals surface area contributed by atoms with Crippen LogP contribution in [0.2, 0.25) is 0 Å². The van der Waals surface area contributed by atoms with Crippen molar-refractivity contribution in [3.05, 3.63) is 65.2 Å². The van der Waals surface area contributed by atoms with E-state index >= 15 is 0 Å². The predicted molar refractivity (Wildman–Crippen MR) is 110 cm³/mol. The molecular formula is C24H28FNO3. The number of benzene rings is 2. The standard InChI is InChI=1S/C24H28FNO3/c25-11-14-29-21-7-5-17(6-8-21)24(28)18-9-12-26(13-10-18)22-15-19-3-1-2-4-20(19)16-23(22)27/h1-8,18,22-23,27H,9-16H2. The van der Waals surface area contributed by atoms with Crippen LogP contribution in [-0.4, -0.2) is 54.3 Å². The summed E-state index contributed by atoms with van der Waals surface area (Å²) < 4.78 is 17.4. The van der Waals surface area contributed by atoms with Gasteiger partial charge in [-0.05, 0) is 67.7 Å². The molecule has 0 spiro atoms. The van der Waals surface area contributed by atoms with Crippen LogP contribution in [0.1, 0.15) is 34.3 Å². The summed E-state index contributed by atoms with van der Waals surface area (Å²) in [6.07, 6.45) is 2.84. The minimum absolute atomic E-state index is 0.0110. The molecule has 0 bridgehead atoms. The Morgan fingerprint density at radius 1 is 1.03 bits per heavy atom. The highest BCUT2D eigenvalue weighted by atomic mass is 19.1. The van der Waals surface area contributed by atoms with Gasteiger partial charge in [-0.25, -0.2) is 4.39 Å². The summed E-state index contributed by atoms with van der Waals surface area (Å²) in [5.74, 6) is 0.758. The van der Waals surface area contributed by atoms with E-state index in [0.29, 0.717) is 17.7 Å². The van der Waals surface area contributed by atoms with Gasteiger partial charge in [0.05, 0.1) is 6.10 Å². The average Bonchev–Trinajstić information content (AvgIpc) is 2.77. The number of piperidine rings is 1. The molecule has 1 fully saturated rings. The Balaban J connectivity index is 1.34. The number of ketones is 1. The molecule has 154 valence electrons. The minimum atomic E-state index is -0.527. The van der Waals surface area contributed by atoms with Crippen LogP contribution in [0, 0.1) is 5.92 Å². The Bertz CT molecular complexity index is 830. The second kappa shape index (κ2) is 9.06. The van der Waals surface area contributed by atoms with Gasteiger partial charge in [0.2, 0.25) is 0 Å². The van der Waals surface area contributed by atoms with Gasteiger partial charge in [-0.2, -0.15) is 0 Å². The Morgan fingerprint density at radius 2 is 1.69 bits per heavy atom. The molecule has 0 aromatic heterocycles. The molecular weight excluding hydrogens is 369 g/mol. The van der Waals surface area contributed by atoms with Crippen molar-refractivity contribution in [3.8, 4) is 5.75 Å². The van der Waals surface area contributed by atoms with Crippen molar-refractivity contribution in [2.75, 3.05) is 26.4 Å². The van der Waals surface area contributed by atoms with Crippen LogP contribution in [0.3, 0.4) is 0 Å². The van der Waals surface area contributed by atoms with Gasteiger partial charge in [0.15, 0.2) is 5.78 Å². The fourth-order valence-corrected chi connectivity index (χ4v) is 4.65. The summed E-state index contributed by atoms with van der Waals surface area (Å²) >= 11 is 0. The zero-order valence-electron chi connectivity index (χ0n) is 16.6. The number of carbonyl (C=O) groups is 1. The SMILES string of the molecule is O=C(c1ccc(OCCF)cc1)C1CCN(C2Cc3ccccc3CC2O)CC1. The molecule has 2 aliphatic rings. The monoisotopic (exact) mass is 397 g/mol. The zero-order valence-corrected chi connectivity index (χ0v) is 16.6. The summed E-state index contributed by atoms with van der Waals surface area (Å²) in [5.41, 5.74) is 3.26. The van der Waals surface area contributed by atoms with E-state index in [2.05, 4.69) is 23.1 Å². The number of halogens is 1. The van der Waals surface area contributed by atoms with Crippen LogP contribution >= 0.6 is 0 Å². The number of alkyl halides is 1. The Morgan fingerprint density at radius 3 is 2.34 bits per heavy atom. The molecule has 1 saturated heterocycles. The first-order valence-corrected chi connectivity index (χ1v) is 10.5. The highest BCUT2D eigenvalue weighted by Gasteiger charge is 2.35. The molecule has 0 radical (unpaired) electrons. The Kier molecular flexibility index (Phi) is 6.26. The number of rotatable bonds is 6. The number of likely N-dealkylation sites (tertiary alicyclic amines) is 1. The number of nitrogens with zero attached hydrogens (tertiary/aromatic N) is 1. The molecule has 0 saturated carbocycles. The maximum Gasteiger partial charge on any atom is 0.166 e. The molecule has 2 aromatic rings. The molecule has 1 N–H and O–H groups in total. The Hall–Kier alpha value is -2.24. The molecule has 4 rings (SSSR count). The lowest BCUT2D eigenvalue weighted by molar-refractivity contribution is 0.0239. The topological polar surface area (TPSA) is 49.8 Å². The number of fused-ring (bicyclic) bond motifs is 1. The number of hydrogen-bond donors (Lipinski definition) is 1. The smallest absolute Gasteiger partial charge is 0.166 e. The first kappa shape index (κ1) is 20.0. The summed E-state index contributed by atoms with van der Waals surface area (Å²) in [7, 11) is 0. The molecule has 0 amide bonds. The molecule has 2 atom stereocenters. The van der Waals surface area contributed by atoms with E-state index in [4.69, 9.17) is 4.74 Å². The molecule has 29 heavy (non-hydrogen) atoms. The lowest BCUT2D eigenvalue weighted by Gasteiger charge is -2.41. The van der Waals surface area contributed by atoms with E-state index in [9.17, 15) is 14.3 Å². The lowest BCUT2D eigenvalue weighted by atomic mass is 9.83. The van der Waals surface area contributed by atoms with Gasteiger partial charge >= 0.3 is 0 Å². The first-order valence-electron chi connectivity index (χ1n) is 10.5. The van der Waals surface area contributed by atoms with Crippen molar-refractivity contribution < 1.29 is 19.0 Å². The number of aliphatic hydroxyl groups is 1. The van der Waals surface area contributed by atoms with Gasteiger partial charge in [-0.1, -0.05) is 24.3 Å². The van der Waals surface area contributed by atoms with Crippen LogP contribution in [-0.2, 0) is 12.8 Å². The van der Waals surface area contributed by atoms with E-state index in [1.807, 2.05) is 6.07 Å². The number of carbonyl (C=O) groups excluding carboxylic acids is 1. The van der Waals surface area contributed by atoms with E-state index in [1.165, 1.54) is 11.1 Å². The zero-order chi connectivity index (χ0) is 20.2. The van der Waals surface area contributed by atoms with Crippen LogP contribution in [0.15, 0.2) is 48.5 Å². The molecule has 5 heteroatoms. The van der Waals surface area contributed by atoms with Gasteiger partial charge in [0, 0.05) is 23.9 Å². The van der Waals surface area contributed by atoms with Crippen molar-refractivity contribution in [3.63, 3.8) is 0 Å². The highest BCUT2D eigenvalue weighted by molar-refractivity contribution is 5.98. The van der Waals surface area contributed by atoms with Gasteiger partial charge < -0.3 is 9.84 Å². The highest BCUT2D eigenvalue weighted by Crippen LogP contribution is 2.29. The van der Waals surface area contributed by atoms with Gasteiger partial charge in [0.25, 0.3) is 0 Å². The van der Waals surface area contributed by atoms with Crippen LogP contribution in [0.5, 0.6) is 5.75 Å². The second-order valence-electron chi connectivity index (χ2n) is 8.05. The van der Waals surface area contributed by atoms with Crippen molar-refractivity contribution in [2.45, 2.75) is 37.8 Å². The van der Waals surface area contributed by atoms with Gasteiger partial charge in [-0.3, -0.25) is 9.69 Å². The summed E-state index contributed by atoms with van der Waals surface area (Å²) in [5, 5.41) is 10.7. The molecule has 1 aliphatic carbocycles. The van der Waals surface area contributed by atoms with Crippen molar-refractivity contribution in [1.29, 1.82) is 0 Å². The largest absolute Gasteiger partial charge is 0.491 e. The van der Waals surface area contributed by atoms with Crippen LogP contribution < -0.4 is 4.74 Å². The van der Waals surface area contributed by atoms with Crippen LogP contribution in [0.25, 0.3) is 0 Å². The van der Waals surface area contributed by atoms with E-state index < -0.39 is 6.67 Å². The van der Waals surface area contributed by atoms with E-state index in [-0.39, 0.29) is 30.5 Å². The first-order chi connectivity index (χ1) is 14.2. The molecule has 4 nitrogen and oxygen atoms in total. The maximum absolute atomic E-state index is 12.9. The fraction of sp³-hybridized carbons (Fsp3) is 0.458. The number of Topliss-reactive ketones (excluding diaryl/α,β-unsaturated/α-hetero) is 1. The van der Waals surface area contributed by atoms with Gasteiger partial charge in [-0.15, -0.1) is 0 Å². The van der Waals surface area contributed by atoms with E-state index in [1.54, 1.807) is 24.3 Å². The van der Waals surface area contributed by atoms with Gasteiger partial charge in [0.1, 0.15) is 19.0 Å². The second-order valence-corrected chi connectivity index (χ2v) is 8.05. The molecule has 1 heterocycles. The molecule has 2 unspecified atom stereocenters. The quantitative estimate of drug-likeness (QED) is 0.759. The predicted octanol–water partition coefficient (Wildman–Crippen LogP) is 3.46. The number of hydrogen-bond acceptors (Lipinski definition) is 4. The summed E-state index contributed by atoms with van der Waals surface area (Å²) in [4.78, 5) is 15.2. The average molecular weight is 397 g/mol. The van der Waals surface area contributed by atoms with Crippen molar-refractivity contribution >= 4 is 5.78 Å². The number of aliphatic hydroxyl groups excluding tert-OH is 1. The summed E-state index contributed by atoms with van der Waals surface area (Å²) in [6, 6.07) is 15.5. The van der Waals surface area contributed by atoms with Crippen molar-refractivity contribution in [2.24, 2.45) is 5.92 Å². The van der Waals surface area contributed by atoms with Crippen molar-refractivity contribution in [1.82, 2.24) is 4.90 Å². The normalized spacial score (nSPS) is 22.8. The third-order valence-corrected chi connectivity index (χ3v) is 6.27. The maximum atomic E-state index is 12.9.